The number of likely N-dealkylation sites (tertiary alicyclic amines) is 1. The van der Waals surface area contributed by atoms with Crippen molar-refractivity contribution in [3.63, 3.8) is 0 Å². The molecular formula is C25H26F2N8O. The summed E-state index contributed by atoms with van der Waals surface area (Å²) in [6, 6.07) is 8.04. The van der Waals surface area contributed by atoms with E-state index < -0.39 is 6.17 Å². The molecule has 1 N–H and O–H groups in total. The van der Waals surface area contributed by atoms with Gasteiger partial charge in [0.25, 0.3) is 5.91 Å². The second-order valence-corrected chi connectivity index (χ2v) is 8.81. The van der Waals surface area contributed by atoms with Crippen LogP contribution >= 0.6 is 0 Å². The predicted molar refractivity (Wildman–Crippen MR) is 131 cm³/mol. The molecule has 11 heteroatoms. The van der Waals surface area contributed by atoms with Crippen LogP contribution in [0.2, 0.25) is 0 Å². The lowest BCUT2D eigenvalue weighted by atomic mass is 10.1. The number of hydrogen-bond acceptors (Lipinski definition) is 6. The van der Waals surface area contributed by atoms with Crippen LogP contribution in [0.25, 0.3) is 17.1 Å². The molecule has 1 aliphatic heterocycles. The predicted octanol–water partition coefficient (Wildman–Crippen LogP) is 3.92. The molecule has 1 fully saturated rings. The number of amides is 1. The molecule has 1 saturated heterocycles. The topological polar surface area (TPSA) is 93.8 Å². The fourth-order valence-corrected chi connectivity index (χ4v) is 4.55. The van der Waals surface area contributed by atoms with Crippen molar-refractivity contribution in [2.24, 2.45) is 7.05 Å². The quantitative estimate of drug-likeness (QED) is 0.439. The van der Waals surface area contributed by atoms with Gasteiger partial charge >= 0.3 is 0 Å². The lowest BCUT2D eigenvalue weighted by molar-refractivity contribution is 0.0399. The standard InChI is InChI=1S/C25H26F2N8O/c1-5-19-23(16-6-8-17(26)9-7-16)33(4)32-24(19)30-20-10-21(29-13-28-20)35-15(3)22(14(2)31-35)25(36)34-11-18(27)12-34/h6-10,13,18H,5,11-12H2,1-4H3,(H,28,29,30,32). The molecule has 0 atom stereocenters. The van der Waals surface area contributed by atoms with Crippen LogP contribution in [0.1, 0.15) is 34.2 Å². The maximum Gasteiger partial charge on any atom is 0.257 e. The maximum atomic E-state index is 13.4. The van der Waals surface area contributed by atoms with Crippen LogP contribution in [0.4, 0.5) is 20.4 Å². The zero-order valence-corrected chi connectivity index (χ0v) is 20.5. The summed E-state index contributed by atoms with van der Waals surface area (Å²) >= 11 is 0. The van der Waals surface area contributed by atoms with Gasteiger partial charge in [0.2, 0.25) is 0 Å². The number of aryl methyl sites for hydroxylation is 2. The van der Waals surface area contributed by atoms with E-state index in [1.807, 2.05) is 14.0 Å². The molecular weight excluding hydrogens is 466 g/mol. The lowest BCUT2D eigenvalue weighted by Crippen LogP contribution is -2.51. The highest BCUT2D eigenvalue weighted by Crippen LogP contribution is 2.31. The van der Waals surface area contributed by atoms with Gasteiger partial charge in [0.1, 0.15) is 24.1 Å². The van der Waals surface area contributed by atoms with Crippen molar-refractivity contribution in [1.29, 1.82) is 0 Å². The van der Waals surface area contributed by atoms with Crippen molar-refractivity contribution in [1.82, 2.24) is 34.4 Å². The summed E-state index contributed by atoms with van der Waals surface area (Å²) < 4.78 is 30.1. The van der Waals surface area contributed by atoms with E-state index in [-0.39, 0.29) is 24.8 Å². The molecule has 0 saturated carbocycles. The second-order valence-electron chi connectivity index (χ2n) is 8.81. The van der Waals surface area contributed by atoms with Crippen molar-refractivity contribution in [2.75, 3.05) is 18.4 Å². The molecule has 1 amide bonds. The summed E-state index contributed by atoms with van der Waals surface area (Å²) in [4.78, 5) is 23.0. The molecule has 4 aromatic rings. The third-order valence-corrected chi connectivity index (χ3v) is 6.36. The molecule has 1 aromatic carbocycles. The highest BCUT2D eigenvalue weighted by atomic mass is 19.1. The van der Waals surface area contributed by atoms with Gasteiger partial charge in [0.15, 0.2) is 11.6 Å². The molecule has 0 radical (unpaired) electrons. The molecule has 0 bridgehead atoms. The molecule has 5 rings (SSSR count). The molecule has 0 spiro atoms. The van der Waals surface area contributed by atoms with Gasteiger partial charge in [-0.3, -0.25) is 9.48 Å². The van der Waals surface area contributed by atoms with Crippen LogP contribution in [-0.2, 0) is 13.5 Å². The number of halogens is 2. The average molecular weight is 493 g/mol. The maximum absolute atomic E-state index is 13.4. The Balaban J connectivity index is 1.45. The Hall–Kier alpha value is -4.15. The number of benzene rings is 1. The van der Waals surface area contributed by atoms with E-state index in [1.165, 1.54) is 23.4 Å². The first kappa shape index (κ1) is 23.6. The van der Waals surface area contributed by atoms with Crippen molar-refractivity contribution < 1.29 is 13.6 Å². The minimum absolute atomic E-state index is 0.105. The first-order valence-corrected chi connectivity index (χ1v) is 11.7. The summed E-state index contributed by atoms with van der Waals surface area (Å²) in [7, 11) is 1.84. The highest BCUT2D eigenvalue weighted by Gasteiger charge is 2.34. The fourth-order valence-electron chi connectivity index (χ4n) is 4.55. The van der Waals surface area contributed by atoms with Gasteiger partial charge in [-0.05, 0) is 44.5 Å². The minimum Gasteiger partial charge on any atom is -0.333 e. The normalized spacial score (nSPS) is 13.7. The van der Waals surface area contributed by atoms with Gasteiger partial charge in [-0.2, -0.15) is 10.2 Å². The van der Waals surface area contributed by atoms with Gasteiger partial charge in [-0.1, -0.05) is 6.92 Å². The number of nitrogens with zero attached hydrogens (tertiary/aromatic N) is 7. The highest BCUT2D eigenvalue weighted by molar-refractivity contribution is 5.97. The smallest absolute Gasteiger partial charge is 0.257 e. The Morgan fingerprint density at radius 3 is 2.53 bits per heavy atom. The average Bonchev–Trinajstić information content (AvgIpc) is 3.31. The molecule has 1 aliphatic rings. The summed E-state index contributed by atoms with van der Waals surface area (Å²) in [5.41, 5.74) is 4.34. The summed E-state index contributed by atoms with van der Waals surface area (Å²) in [5, 5.41) is 12.4. The number of carbonyl (C=O) groups is 1. The third-order valence-electron chi connectivity index (χ3n) is 6.36. The molecule has 186 valence electrons. The number of alkyl halides is 1. The van der Waals surface area contributed by atoms with Crippen LogP contribution in [0.3, 0.4) is 0 Å². The number of carbonyl (C=O) groups excluding carboxylic acids is 1. The van der Waals surface area contributed by atoms with E-state index in [2.05, 4.69) is 25.5 Å². The largest absolute Gasteiger partial charge is 0.333 e. The number of hydrogen-bond donors (Lipinski definition) is 1. The first-order valence-electron chi connectivity index (χ1n) is 11.7. The van der Waals surface area contributed by atoms with E-state index in [4.69, 9.17) is 0 Å². The van der Waals surface area contributed by atoms with Crippen molar-refractivity contribution in [3.8, 4) is 17.1 Å². The Bertz CT molecular complexity index is 1440. The van der Waals surface area contributed by atoms with Gasteiger partial charge in [-0.15, -0.1) is 0 Å². The summed E-state index contributed by atoms with van der Waals surface area (Å²) in [6.45, 7) is 5.78. The Morgan fingerprint density at radius 1 is 1.14 bits per heavy atom. The van der Waals surface area contributed by atoms with E-state index in [1.54, 1.807) is 41.4 Å². The van der Waals surface area contributed by atoms with Gasteiger partial charge in [0, 0.05) is 24.2 Å². The second kappa shape index (κ2) is 9.14. The van der Waals surface area contributed by atoms with Gasteiger partial charge in [-0.25, -0.2) is 23.4 Å². The van der Waals surface area contributed by atoms with E-state index in [0.29, 0.717) is 40.8 Å². The van der Waals surface area contributed by atoms with Crippen molar-refractivity contribution in [3.05, 3.63) is 65.0 Å². The van der Waals surface area contributed by atoms with E-state index >= 15 is 0 Å². The fraction of sp³-hybridized carbons (Fsp3) is 0.320. The Labute approximate surface area is 206 Å². The summed E-state index contributed by atoms with van der Waals surface area (Å²) in [5.74, 6) is 1.09. The number of rotatable bonds is 6. The van der Waals surface area contributed by atoms with Gasteiger partial charge < -0.3 is 10.2 Å². The van der Waals surface area contributed by atoms with E-state index in [9.17, 15) is 13.6 Å². The molecule has 4 heterocycles. The molecule has 3 aromatic heterocycles. The van der Waals surface area contributed by atoms with Gasteiger partial charge in [0.05, 0.1) is 35.7 Å². The first-order chi connectivity index (χ1) is 17.3. The van der Waals surface area contributed by atoms with Crippen LogP contribution in [0.5, 0.6) is 0 Å². The summed E-state index contributed by atoms with van der Waals surface area (Å²) in [6.07, 6.45) is 1.14. The molecule has 36 heavy (non-hydrogen) atoms. The van der Waals surface area contributed by atoms with Crippen LogP contribution in [0, 0.1) is 19.7 Å². The minimum atomic E-state index is -0.969. The van der Waals surface area contributed by atoms with Crippen LogP contribution in [-0.4, -0.2) is 59.6 Å². The van der Waals surface area contributed by atoms with Crippen LogP contribution in [0.15, 0.2) is 36.7 Å². The zero-order chi connectivity index (χ0) is 25.6. The molecule has 0 unspecified atom stereocenters. The van der Waals surface area contributed by atoms with Crippen molar-refractivity contribution >= 4 is 17.5 Å². The Morgan fingerprint density at radius 2 is 1.86 bits per heavy atom. The molecule has 0 aliphatic carbocycles. The monoisotopic (exact) mass is 492 g/mol. The Kier molecular flexibility index (Phi) is 5.99. The number of nitrogens with one attached hydrogen (secondary N) is 1. The van der Waals surface area contributed by atoms with Crippen LogP contribution < -0.4 is 5.32 Å². The SMILES string of the molecule is CCc1c(Nc2cc(-n3nc(C)c(C(=O)N4CC(F)C4)c3C)ncn2)nn(C)c1-c1ccc(F)cc1. The van der Waals surface area contributed by atoms with Crippen molar-refractivity contribution in [2.45, 2.75) is 33.4 Å². The number of anilines is 2. The lowest BCUT2D eigenvalue weighted by Gasteiger charge is -2.34. The number of aromatic nitrogens is 6. The zero-order valence-electron chi connectivity index (χ0n) is 20.5. The third kappa shape index (κ3) is 4.10. The van der Waals surface area contributed by atoms with E-state index in [0.717, 1.165) is 16.8 Å². The molecule has 9 nitrogen and oxygen atoms in total.